The van der Waals surface area contributed by atoms with Crippen LogP contribution in [-0.2, 0) is 11.2 Å². The maximum atomic E-state index is 12.2. The summed E-state index contributed by atoms with van der Waals surface area (Å²) in [5.74, 6) is 0.745. The first-order valence-corrected chi connectivity index (χ1v) is 7.26. The van der Waals surface area contributed by atoms with Crippen LogP contribution in [0.5, 0.6) is 5.75 Å². The number of halogens is 1. The SMILES string of the molecule is COc1ccc(CCC(=O)N2CCC[C@@H]2CO)cc1Cl. The van der Waals surface area contributed by atoms with Crippen molar-refractivity contribution in [1.29, 1.82) is 0 Å². The molecule has 0 spiro atoms. The van der Waals surface area contributed by atoms with E-state index in [0.29, 0.717) is 23.6 Å². The molecule has 5 heteroatoms. The van der Waals surface area contributed by atoms with E-state index in [1.807, 2.05) is 18.2 Å². The second-order valence-electron chi connectivity index (χ2n) is 5.03. The standard InChI is InChI=1S/C15H20ClNO3/c1-20-14-6-4-11(9-13(14)16)5-7-15(19)17-8-2-3-12(17)10-18/h4,6,9,12,18H,2-3,5,7-8,10H2,1H3/t12-/m1/s1. The molecular weight excluding hydrogens is 278 g/mol. The lowest BCUT2D eigenvalue weighted by atomic mass is 10.1. The lowest BCUT2D eigenvalue weighted by Crippen LogP contribution is -2.37. The van der Waals surface area contributed by atoms with Crippen LogP contribution in [0, 0.1) is 0 Å². The van der Waals surface area contributed by atoms with Gasteiger partial charge in [0.2, 0.25) is 5.91 Å². The summed E-state index contributed by atoms with van der Waals surface area (Å²) in [6.45, 7) is 0.813. The first kappa shape index (κ1) is 15.1. The van der Waals surface area contributed by atoms with Gasteiger partial charge in [-0.05, 0) is 37.0 Å². The average molecular weight is 298 g/mol. The second-order valence-corrected chi connectivity index (χ2v) is 5.44. The van der Waals surface area contributed by atoms with Gasteiger partial charge in [-0.25, -0.2) is 0 Å². The van der Waals surface area contributed by atoms with E-state index in [4.69, 9.17) is 16.3 Å². The summed E-state index contributed by atoms with van der Waals surface area (Å²) in [5.41, 5.74) is 1.02. The molecule has 1 amide bonds. The van der Waals surface area contributed by atoms with E-state index in [9.17, 15) is 9.90 Å². The summed E-state index contributed by atoms with van der Waals surface area (Å²) in [6, 6.07) is 5.57. The number of amides is 1. The molecule has 1 aliphatic heterocycles. The lowest BCUT2D eigenvalue weighted by Gasteiger charge is -2.23. The highest BCUT2D eigenvalue weighted by Gasteiger charge is 2.27. The van der Waals surface area contributed by atoms with Gasteiger partial charge in [-0.15, -0.1) is 0 Å². The van der Waals surface area contributed by atoms with E-state index in [1.54, 1.807) is 12.0 Å². The minimum atomic E-state index is 0.00181. The van der Waals surface area contributed by atoms with Gasteiger partial charge >= 0.3 is 0 Å². The summed E-state index contributed by atoms with van der Waals surface area (Å²) in [6.07, 6.45) is 2.97. The number of carbonyl (C=O) groups excluding carboxylic acids is 1. The molecule has 0 aliphatic carbocycles. The number of ether oxygens (including phenoxy) is 1. The predicted molar refractivity (Wildman–Crippen MR) is 78.1 cm³/mol. The molecule has 0 unspecified atom stereocenters. The molecule has 20 heavy (non-hydrogen) atoms. The number of methoxy groups -OCH3 is 1. The number of carbonyl (C=O) groups is 1. The first-order chi connectivity index (χ1) is 9.65. The predicted octanol–water partition coefficient (Wildman–Crippen LogP) is 2.26. The number of aryl methyl sites for hydroxylation is 1. The monoisotopic (exact) mass is 297 g/mol. The zero-order chi connectivity index (χ0) is 14.5. The van der Waals surface area contributed by atoms with Gasteiger partial charge in [0.25, 0.3) is 0 Å². The van der Waals surface area contributed by atoms with E-state index in [0.717, 1.165) is 24.9 Å². The van der Waals surface area contributed by atoms with Gasteiger partial charge in [0, 0.05) is 13.0 Å². The number of rotatable bonds is 5. The third-order valence-electron chi connectivity index (χ3n) is 3.75. The van der Waals surface area contributed by atoms with Crippen molar-refractivity contribution in [3.8, 4) is 5.75 Å². The fourth-order valence-corrected chi connectivity index (χ4v) is 2.89. The smallest absolute Gasteiger partial charge is 0.223 e. The van der Waals surface area contributed by atoms with Crippen molar-refractivity contribution >= 4 is 17.5 Å². The topological polar surface area (TPSA) is 49.8 Å². The van der Waals surface area contributed by atoms with Crippen molar-refractivity contribution in [3.05, 3.63) is 28.8 Å². The van der Waals surface area contributed by atoms with Crippen LogP contribution in [0.25, 0.3) is 0 Å². The van der Waals surface area contributed by atoms with Crippen LogP contribution in [0.15, 0.2) is 18.2 Å². The van der Waals surface area contributed by atoms with Gasteiger partial charge in [-0.1, -0.05) is 17.7 Å². The van der Waals surface area contributed by atoms with E-state index >= 15 is 0 Å². The molecule has 1 aromatic carbocycles. The van der Waals surface area contributed by atoms with E-state index in [-0.39, 0.29) is 18.6 Å². The number of aliphatic hydroxyl groups is 1. The van der Waals surface area contributed by atoms with Crippen LogP contribution in [-0.4, -0.2) is 42.2 Å². The van der Waals surface area contributed by atoms with Gasteiger partial charge in [0.1, 0.15) is 5.75 Å². The summed E-state index contributed by atoms with van der Waals surface area (Å²) < 4.78 is 5.10. The number of nitrogens with zero attached hydrogens (tertiary/aromatic N) is 1. The van der Waals surface area contributed by atoms with Crippen LogP contribution < -0.4 is 4.74 Å². The van der Waals surface area contributed by atoms with Gasteiger partial charge in [0.05, 0.1) is 24.8 Å². The van der Waals surface area contributed by atoms with Crippen molar-refractivity contribution in [3.63, 3.8) is 0 Å². The zero-order valence-electron chi connectivity index (χ0n) is 11.6. The molecule has 0 saturated carbocycles. The lowest BCUT2D eigenvalue weighted by molar-refractivity contribution is -0.132. The molecule has 1 aromatic rings. The minimum absolute atomic E-state index is 0.00181. The third-order valence-corrected chi connectivity index (χ3v) is 4.05. The average Bonchev–Trinajstić information content (AvgIpc) is 2.93. The van der Waals surface area contributed by atoms with Crippen LogP contribution in [0.4, 0.5) is 0 Å². The molecule has 1 atom stereocenters. The van der Waals surface area contributed by atoms with Crippen molar-refractivity contribution in [2.75, 3.05) is 20.3 Å². The van der Waals surface area contributed by atoms with Crippen LogP contribution >= 0.6 is 11.6 Å². The van der Waals surface area contributed by atoms with Crippen molar-refractivity contribution in [1.82, 2.24) is 4.90 Å². The van der Waals surface area contributed by atoms with Gasteiger partial charge in [-0.2, -0.15) is 0 Å². The van der Waals surface area contributed by atoms with Gasteiger partial charge < -0.3 is 14.7 Å². The Kier molecular flexibility index (Phi) is 5.26. The molecular formula is C15H20ClNO3. The van der Waals surface area contributed by atoms with Crippen LogP contribution in [0.3, 0.4) is 0 Å². The molecule has 1 heterocycles. The summed E-state index contributed by atoms with van der Waals surface area (Å²) in [4.78, 5) is 13.9. The number of aliphatic hydroxyl groups excluding tert-OH is 1. The number of hydrogen-bond acceptors (Lipinski definition) is 3. The molecule has 2 rings (SSSR count). The molecule has 1 saturated heterocycles. The molecule has 110 valence electrons. The summed E-state index contributed by atoms with van der Waals surface area (Å²) in [7, 11) is 1.58. The van der Waals surface area contributed by atoms with Crippen molar-refractivity contribution < 1.29 is 14.6 Å². The molecule has 0 radical (unpaired) electrons. The quantitative estimate of drug-likeness (QED) is 0.907. The number of benzene rings is 1. The fraction of sp³-hybridized carbons (Fsp3) is 0.533. The largest absolute Gasteiger partial charge is 0.495 e. The zero-order valence-corrected chi connectivity index (χ0v) is 12.4. The Labute approximate surface area is 124 Å². The molecule has 1 aliphatic rings. The van der Waals surface area contributed by atoms with Crippen LogP contribution in [0.1, 0.15) is 24.8 Å². The highest BCUT2D eigenvalue weighted by Crippen LogP contribution is 2.26. The maximum Gasteiger partial charge on any atom is 0.223 e. The Morgan fingerprint density at radius 3 is 3.00 bits per heavy atom. The second kappa shape index (κ2) is 6.95. The maximum absolute atomic E-state index is 12.2. The van der Waals surface area contributed by atoms with E-state index in [1.165, 1.54) is 0 Å². The number of likely N-dealkylation sites (tertiary alicyclic amines) is 1. The molecule has 1 fully saturated rings. The Balaban J connectivity index is 1.91. The van der Waals surface area contributed by atoms with Gasteiger partial charge in [-0.3, -0.25) is 4.79 Å². The van der Waals surface area contributed by atoms with E-state index < -0.39 is 0 Å². The highest BCUT2D eigenvalue weighted by molar-refractivity contribution is 6.32. The summed E-state index contributed by atoms with van der Waals surface area (Å²) >= 11 is 6.06. The fourth-order valence-electron chi connectivity index (χ4n) is 2.61. The Hall–Kier alpha value is -1.26. The molecule has 4 nitrogen and oxygen atoms in total. The summed E-state index contributed by atoms with van der Waals surface area (Å²) in [5, 5.41) is 9.80. The third kappa shape index (κ3) is 3.44. The molecule has 0 aromatic heterocycles. The Morgan fingerprint density at radius 2 is 2.35 bits per heavy atom. The minimum Gasteiger partial charge on any atom is -0.495 e. The van der Waals surface area contributed by atoms with Crippen LogP contribution in [0.2, 0.25) is 5.02 Å². The van der Waals surface area contributed by atoms with Gasteiger partial charge in [0.15, 0.2) is 0 Å². The number of hydrogen-bond donors (Lipinski definition) is 1. The highest BCUT2D eigenvalue weighted by atomic mass is 35.5. The Bertz CT molecular complexity index is 478. The normalized spacial score (nSPS) is 18.4. The first-order valence-electron chi connectivity index (χ1n) is 6.88. The van der Waals surface area contributed by atoms with Crippen molar-refractivity contribution in [2.45, 2.75) is 31.7 Å². The van der Waals surface area contributed by atoms with Crippen molar-refractivity contribution in [2.24, 2.45) is 0 Å². The Morgan fingerprint density at radius 1 is 1.55 bits per heavy atom. The molecule has 1 N–H and O–H groups in total. The molecule has 0 bridgehead atoms. The van der Waals surface area contributed by atoms with E-state index in [2.05, 4.69) is 0 Å².